The van der Waals surface area contributed by atoms with Crippen LogP contribution < -0.4 is 4.74 Å². The van der Waals surface area contributed by atoms with Gasteiger partial charge in [-0.3, -0.25) is 9.97 Å². The highest BCUT2D eigenvalue weighted by Gasteiger charge is 2.58. The van der Waals surface area contributed by atoms with Crippen molar-refractivity contribution in [2.24, 2.45) is 0 Å². The van der Waals surface area contributed by atoms with E-state index in [1.165, 1.54) is 36.5 Å². The molecule has 13 heteroatoms. The van der Waals surface area contributed by atoms with Crippen molar-refractivity contribution in [1.82, 2.24) is 30.2 Å². The average Bonchev–Trinajstić information content (AvgIpc) is 3.53. The van der Waals surface area contributed by atoms with E-state index in [4.69, 9.17) is 12.7 Å². The van der Waals surface area contributed by atoms with Gasteiger partial charge >= 0.3 is 5.92 Å². The van der Waals surface area contributed by atoms with E-state index in [0.717, 1.165) is 35.4 Å². The van der Waals surface area contributed by atoms with Gasteiger partial charge in [0.1, 0.15) is 42.0 Å². The van der Waals surface area contributed by atoms with E-state index < -0.39 is 47.5 Å². The fraction of sp³-hybridized carbons (Fsp3) is 0.133. The number of nitriles is 1. The van der Waals surface area contributed by atoms with E-state index in [9.17, 15) is 13.9 Å². The number of benzene rings is 2. The van der Waals surface area contributed by atoms with E-state index in [2.05, 4.69) is 37.3 Å². The molecule has 0 spiro atoms. The van der Waals surface area contributed by atoms with Gasteiger partial charge in [-0.05, 0) is 71.1 Å². The van der Waals surface area contributed by atoms with Gasteiger partial charge in [-0.15, -0.1) is 5.10 Å². The van der Waals surface area contributed by atoms with Crippen molar-refractivity contribution in [3.63, 3.8) is 0 Å². The molecule has 0 bridgehead atoms. The molecule has 0 saturated carbocycles. The number of alkyl halides is 2. The van der Waals surface area contributed by atoms with Crippen LogP contribution in [0.5, 0.6) is 5.75 Å². The lowest BCUT2D eigenvalue weighted by atomic mass is 9.84. The number of rotatable bonds is 8. The number of halogens is 4. The molecule has 0 saturated heterocycles. The summed E-state index contributed by atoms with van der Waals surface area (Å²) in [7, 11) is 0. The summed E-state index contributed by atoms with van der Waals surface area (Å²) in [6.45, 7) is -3.26. The molecule has 0 aliphatic rings. The van der Waals surface area contributed by atoms with Gasteiger partial charge in [-0.25, -0.2) is 13.5 Å². The number of hydrogen-bond acceptors (Lipinski definition) is 8. The van der Waals surface area contributed by atoms with Crippen LogP contribution in [0.3, 0.4) is 0 Å². The second-order valence-corrected chi connectivity index (χ2v) is 9.02. The predicted octanol–water partition coefficient (Wildman–Crippen LogP) is 4.27. The first-order chi connectivity index (χ1) is 21.4. The van der Waals surface area contributed by atoms with E-state index in [0.29, 0.717) is 11.6 Å². The number of nitrogens with zero attached hydrogens (tertiary/aromatic N) is 7. The smallest absolute Gasteiger partial charge is 0.323 e. The Balaban J connectivity index is 1.34. The Labute approximate surface area is 244 Å². The SMILES string of the molecule is [2H]C([2H])(Oc1ccc(C#Cc2ccc(C(F)(F)[C@](O)(Cn3cnnn3)c3ccc(F)cc3F)nc2)cc1)c1ccc(C#N)cn1. The van der Waals surface area contributed by atoms with Gasteiger partial charge in [0.2, 0.25) is 0 Å². The third kappa shape index (κ3) is 6.32. The number of hydrogen-bond donors (Lipinski definition) is 1. The molecule has 0 aliphatic heterocycles. The van der Waals surface area contributed by atoms with Crippen molar-refractivity contribution in [2.45, 2.75) is 24.6 Å². The molecule has 9 nitrogen and oxygen atoms in total. The molecule has 0 aliphatic carbocycles. The second-order valence-electron chi connectivity index (χ2n) is 9.02. The van der Waals surface area contributed by atoms with Crippen molar-refractivity contribution in [3.05, 3.63) is 131 Å². The van der Waals surface area contributed by atoms with Gasteiger partial charge in [0.05, 0.1) is 20.5 Å². The minimum absolute atomic E-state index is 0.0245. The Morgan fingerprint density at radius 2 is 1.65 bits per heavy atom. The maximum atomic E-state index is 15.9. The lowest BCUT2D eigenvalue weighted by molar-refractivity contribution is -0.207. The summed E-state index contributed by atoms with van der Waals surface area (Å²) >= 11 is 0. The summed E-state index contributed by atoms with van der Waals surface area (Å²) in [5.74, 6) is -0.865. The highest BCUT2D eigenvalue weighted by molar-refractivity contribution is 5.44. The molecule has 3 aromatic heterocycles. The zero-order valence-electron chi connectivity index (χ0n) is 23.8. The van der Waals surface area contributed by atoms with E-state index in [-0.39, 0.29) is 22.6 Å². The van der Waals surface area contributed by atoms with Gasteiger partial charge in [-0.2, -0.15) is 14.0 Å². The zero-order valence-corrected chi connectivity index (χ0v) is 21.8. The molecule has 5 rings (SSSR count). The van der Waals surface area contributed by atoms with E-state index >= 15 is 8.78 Å². The maximum Gasteiger partial charge on any atom is 0.323 e. The first-order valence-corrected chi connectivity index (χ1v) is 12.3. The summed E-state index contributed by atoms with van der Waals surface area (Å²) in [4.78, 5) is 7.69. The van der Waals surface area contributed by atoms with Crippen LogP contribution in [0.1, 0.15) is 36.4 Å². The third-order valence-corrected chi connectivity index (χ3v) is 6.14. The molecular weight excluding hydrogens is 566 g/mol. The molecule has 2 aromatic carbocycles. The number of pyridine rings is 2. The van der Waals surface area contributed by atoms with Crippen LogP contribution >= 0.6 is 0 Å². The fourth-order valence-corrected chi connectivity index (χ4v) is 3.91. The van der Waals surface area contributed by atoms with Crippen LogP contribution in [0.15, 0.2) is 85.5 Å². The topological polar surface area (TPSA) is 123 Å². The summed E-state index contributed by atoms with van der Waals surface area (Å²) in [6, 6.07) is 14.7. The molecule has 0 fully saturated rings. The lowest BCUT2D eigenvalue weighted by Gasteiger charge is -2.35. The zero-order chi connectivity index (χ0) is 32.2. The van der Waals surface area contributed by atoms with E-state index in [1.54, 1.807) is 12.1 Å². The minimum atomic E-state index is -4.21. The standard InChI is InChI=1S/C30H19F4N7O2/c31-23-7-11-26(27(32)13-23)29(42,18-41-19-38-39-40-41)30(33,34)28-12-6-21(15-37-28)2-1-20-4-9-25(10-5-20)43-17-24-8-3-22(14-35)16-36-24/h3-13,15-16,19,42H,17-18H2/t29-/m0/s1/i17D2. The number of ether oxygens (including phenoxy) is 1. The quantitative estimate of drug-likeness (QED) is 0.211. The molecule has 5 aromatic rings. The van der Waals surface area contributed by atoms with Crippen molar-refractivity contribution < 1.29 is 30.1 Å². The van der Waals surface area contributed by atoms with Gasteiger partial charge in [0.25, 0.3) is 0 Å². The Hall–Kier alpha value is -5.66. The number of aromatic nitrogens is 6. The van der Waals surface area contributed by atoms with E-state index in [1.807, 2.05) is 6.07 Å². The Morgan fingerprint density at radius 1 is 0.930 bits per heavy atom. The van der Waals surface area contributed by atoms with Crippen molar-refractivity contribution in [1.29, 1.82) is 5.26 Å². The normalized spacial score (nSPS) is 13.5. The summed E-state index contributed by atoms with van der Waals surface area (Å²) in [5, 5.41) is 30.3. The van der Waals surface area contributed by atoms with Gasteiger partial charge in [0.15, 0.2) is 5.60 Å². The molecule has 1 atom stereocenters. The first kappa shape index (κ1) is 26.3. The van der Waals surface area contributed by atoms with Gasteiger partial charge in [-0.1, -0.05) is 11.8 Å². The van der Waals surface area contributed by atoms with Crippen LogP contribution in [-0.2, 0) is 24.6 Å². The van der Waals surface area contributed by atoms with Crippen molar-refractivity contribution in [2.75, 3.05) is 0 Å². The van der Waals surface area contributed by atoms with Crippen LogP contribution in [0.25, 0.3) is 0 Å². The Kier molecular flexibility index (Phi) is 7.36. The van der Waals surface area contributed by atoms with Crippen LogP contribution in [0.4, 0.5) is 17.6 Å². The fourth-order valence-electron chi connectivity index (χ4n) is 3.91. The average molecular weight is 588 g/mol. The van der Waals surface area contributed by atoms with Crippen LogP contribution in [0.2, 0.25) is 0 Å². The van der Waals surface area contributed by atoms with Crippen LogP contribution in [0, 0.1) is 34.8 Å². The summed E-state index contributed by atoms with van der Waals surface area (Å²) in [5.41, 5.74) is -4.10. The molecule has 0 amide bonds. The molecule has 0 unspecified atom stereocenters. The molecule has 3 heterocycles. The van der Waals surface area contributed by atoms with Gasteiger partial charge in [0, 0.05) is 35.2 Å². The number of aliphatic hydroxyl groups is 1. The molecule has 43 heavy (non-hydrogen) atoms. The summed E-state index contributed by atoms with van der Waals surface area (Å²) in [6.07, 6.45) is 3.24. The maximum absolute atomic E-state index is 15.9. The second kappa shape index (κ2) is 12.1. The third-order valence-electron chi connectivity index (χ3n) is 6.14. The molecule has 1 N–H and O–H groups in total. The highest BCUT2D eigenvalue weighted by Crippen LogP contribution is 2.46. The molecule has 0 radical (unpaired) electrons. The summed E-state index contributed by atoms with van der Waals surface area (Å²) < 4.78 is 82.5. The minimum Gasteiger partial charge on any atom is -0.487 e. The first-order valence-electron chi connectivity index (χ1n) is 13.3. The highest BCUT2D eigenvalue weighted by atomic mass is 19.3. The molecular formula is C30H19F4N7O2. The van der Waals surface area contributed by atoms with Crippen molar-refractivity contribution >= 4 is 0 Å². The van der Waals surface area contributed by atoms with Gasteiger partial charge < -0.3 is 9.84 Å². The monoisotopic (exact) mass is 587 g/mol. The lowest BCUT2D eigenvalue weighted by Crippen LogP contribution is -2.48. The molecule has 214 valence electrons. The Bertz CT molecular complexity index is 1910. The Morgan fingerprint density at radius 3 is 2.28 bits per heavy atom. The predicted molar refractivity (Wildman–Crippen MR) is 142 cm³/mol. The largest absolute Gasteiger partial charge is 0.487 e. The number of tetrazole rings is 1. The van der Waals surface area contributed by atoms with Crippen molar-refractivity contribution in [3.8, 4) is 23.7 Å². The van der Waals surface area contributed by atoms with Crippen LogP contribution in [-0.4, -0.2) is 35.3 Å².